The molecule has 1 fully saturated rings. The van der Waals surface area contributed by atoms with E-state index in [0.717, 1.165) is 12.3 Å². The molecule has 4 nitrogen and oxygen atoms in total. The highest BCUT2D eigenvalue weighted by Crippen LogP contribution is 2.27. The monoisotopic (exact) mass is 213 g/mol. The van der Waals surface area contributed by atoms with E-state index in [0.29, 0.717) is 12.6 Å². The van der Waals surface area contributed by atoms with E-state index in [-0.39, 0.29) is 5.84 Å². The number of amidine groups is 1. The van der Waals surface area contributed by atoms with E-state index in [1.807, 2.05) is 0 Å². The third-order valence-electron chi connectivity index (χ3n) is 3.33. The Bertz CT molecular complexity index is 200. The van der Waals surface area contributed by atoms with Crippen LogP contribution in [0.5, 0.6) is 0 Å². The van der Waals surface area contributed by atoms with Crippen LogP contribution < -0.4 is 11.1 Å². The summed E-state index contributed by atoms with van der Waals surface area (Å²) in [6, 6.07) is 0.519. The Balaban J connectivity index is 2.33. The van der Waals surface area contributed by atoms with Crippen molar-refractivity contribution in [2.75, 3.05) is 6.54 Å². The van der Waals surface area contributed by atoms with Crippen molar-refractivity contribution in [3.63, 3.8) is 0 Å². The van der Waals surface area contributed by atoms with Gasteiger partial charge in [0.1, 0.15) is 0 Å². The molecular formula is C11H23N3O. The molecule has 15 heavy (non-hydrogen) atoms. The molecule has 1 rings (SSSR count). The maximum Gasteiger partial charge on any atom is 0.153 e. The molecule has 1 aliphatic rings. The summed E-state index contributed by atoms with van der Waals surface area (Å²) in [5.74, 6) is 1.04. The van der Waals surface area contributed by atoms with E-state index in [9.17, 15) is 0 Å². The van der Waals surface area contributed by atoms with Gasteiger partial charge in [0, 0.05) is 6.04 Å². The molecule has 0 bridgehead atoms. The Morgan fingerprint density at radius 3 is 2.67 bits per heavy atom. The van der Waals surface area contributed by atoms with E-state index >= 15 is 0 Å². The zero-order chi connectivity index (χ0) is 11.1. The van der Waals surface area contributed by atoms with Crippen LogP contribution >= 0.6 is 0 Å². The van der Waals surface area contributed by atoms with Crippen LogP contribution in [0, 0.1) is 5.92 Å². The molecule has 1 atom stereocenters. The first-order valence-electron chi connectivity index (χ1n) is 5.97. The fourth-order valence-corrected chi connectivity index (χ4v) is 2.45. The van der Waals surface area contributed by atoms with E-state index in [4.69, 9.17) is 10.9 Å². The van der Waals surface area contributed by atoms with Crippen molar-refractivity contribution in [1.29, 1.82) is 0 Å². The molecule has 0 spiro atoms. The fourth-order valence-electron chi connectivity index (χ4n) is 2.45. The molecule has 4 heteroatoms. The molecule has 4 N–H and O–H groups in total. The third kappa shape index (κ3) is 4.08. The molecular weight excluding hydrogens is 190 g/mol. The Kier molecular flexibility index (Phi) is 5.47. The number of nitrogens with two attached hydrogens (primary N) is 1. The van der Waals surface area contributed by atoms with Crippen LogP contribution in [0.25, 0.3) is 0 Å². The second-order valence-corrected chi connectivity index (χ2v) is 4.39. The normalized spacial score (nSPS) is 21.5. The zero-order valence-electron chi connectivity index (χ0n) is 9.58. The summed E-state index contributed by atoms with van der Waals surface area (Å²) in [6.45, 7) is 2.68. The minimum absolute atomic E-state index is 0.268. The van der Waals surface area contributed by atoms with Crippen molar-refractivity contribution in [3.05, 3.63) is 0 Å². The average molecular weight is 213 g/mol. The molecule has 1 saturated carbocycles. The molecule has 0 radical (unpaired) electrons. The molecule has 0 aromatic rings. The van der Waals surface area contributed by atoms with Gasteiger partial charge in [0.25, 0.3) is 0 Å². The lowest BCUT2D eigenvalue weighted by molar-refractivity contribution is 0.268. The number of hydrogen-bond acceptors (Lipinski definition) is 3. The second kappa shape index (κ2) is 6.67. The summed E-state index contributed by atoms with van der Waals surface area (Å²) in [5, 5.41) is 14.8. The Morgan fingerprint density at radius 1 is 1.47 bits per heavy atom. The van der Waals surface area contributed by atoms with Crippen molar-refractivity contribution in [2.24, 2.45) is 16.8 Å². The summed E-state index contributed by atoms with van der Waals surface area (Å²) >= 11 is 0. The predicted octanol–water partition coefficient (Wildman–Crippen LogP) is 1.68. The van der Waals surface area contributed by atoms with Gasteiger partial charge >= 0.3 is 0 Å². The molecule has 1 unspecified atom stereocenters. The number of nitrogens with one attached hydrogen (secondary N) is 1. The number of rotatable bonds is 5. The lowest BCUT2D eigenvalue weighted by atomic mass is 9.83. The first kappa shape index (κ1) is 12.3. The summed E-state index contributed by atoms with van der Waals surface area (Å²) < 4.78 is 0. The van der Waals surface area contributed by atoms with E-state index in [2.05, 4.69) is 17.4 Å². The summed E-state index contributed by atoms with van der Waals surface area (Å²) in [6.07, 6.45) is 7.85. The standard InChI is InChI=1S/C11H23N3O/c1-2-10(13-8-11(12)14-15)9-6-4-3-5-7-9/h9-10,13,15H,2-8H2,1H3,(H2,12,14). The lowest BCUT2D eigenvalue weighted by Crippen LogP contribution is -2.41. The molecule has 0 aromatic carbocycles. The van der Waals surface area contributed by atoms with Gasteiger partial charge in [-0.1, -0.05) is 31.3 Å². The van der Waals surface area contributed by atoms with Gasteiger partial charge in [-0.3, -0.25) is 0 Å². The summed E-state index contributed by atoms with van der Waals surface area (Å²) in [7, 11) is 0. The van der Waals surface area contributed by atoms with Gasteiger partial charge in [-0.25, -0.2) is 0 Å². The van der Waals surface area contributed by atoms with Gasteiger partial charge in [0.15, 0.2) is 5.84 Å². The lowest BCUT2D eigenvalue weighted by Gasteiger charge is -2.30. The Morgan fingerprint density at radius 2 is 2.13 bits per heavy atom. The summed E-state index contributed by atoms with van der Waals surface area (Å²) in [4.78, 5) is 0. The highest BCUT2D eigenvalue weighted by molar-refractivity contribution is 5.81. The van der Waals surface area contributed by atoms with Crippen molar-refractivity contribution in [3.8, 4) is 0 Å². The van der Waals surface area contributed by atoms with Gasteiger partial charge in [-0.15, -0.1) is 0 Å². The molecule has 0 heterocycles. The SMILES string of the molecule is CCC(NCC(N)=NO)C1CCCCC1. The average Bonchev–Trinajstić information content (AvgIpc) is 2.31. The van der Waals surface area contributed by atoms with Crippen molar-refractivity contribution < 1.29 is 5.21 Å². The number of nitrogens with zero attached hydrogens (tertiary/aromatic N) is 1. The predicted molar refractivity (Wildman–Crippen MR) is 62.1 cm³/mol. The molecule has 1 aliphatic carbocycles. The van der Waals surface area contributed by atoms with Gasteiger partial charge < -0.3 is 16.3 Å². The smallest absolute Gasteiger partial charge is 0.153 e. The number of hydrogen-bond donors (Lipinski definition) is 3. The topological polar surface area (TPSA) is 70.6 Å². The highest BCUT2D eigenvalue weighted by Gasteiger charge is 2.21. The zero-order valence-corrected chi connectivity index (χ0v) is 9.58. The highest BCUT2D eigenvalue weighted by atomic mass is 16.4. The van der Waals surface area contributed by atoms with E-state index < -0.39 is 0 Å². The van der Waals surface area contributed by atoms with Gasteiger partial charge in [-0.05, 0) is 25.2 Å². The van der Waals surface area contributed by atoms with Gasteiger partial charge in [-0.2, -0.15) is 0 Å². The van der Waals surface area contributed by atoms with Gasteiger partial charge in [0.2, 0.25) is 0 Å². The maximum absolute atomic E-state index is 8.45. The summed E-state index contributed by atoms with van der Waals surface area (Å²) in [5.41, 5.74) is 5.44. The number of oxime groups is 1. The van der Waals surface area contributed by atoms with Crippen LogP contribution in [0.1, 0.15) is 45.4 Å². The third-order valence-corrected chi connectivity index (χ3v) is 3.33. The second-order valence-electron chi connectivity index (χ2n) is 4.39. The molecule has 0 aromatic heterocycles. The first-order chi connectivity index (χ1) is 7.27. The molecule has 0 amide bonds. The van der Waals surface area contributed by atoms with Crippen LogP contribution in [0.2, 0.25) is 0 Å². The Hall–Kier alpha value is -0.770. The quantitative estimate of drug-likeness (QED) is 0.282. The van der Waals surface area contributed by atoms with Crippen LogP contribution in [-0.4, -0.2) is 23.6 Å². The van der Waals surface area contributed by atoms with Crippen LogP contribution in [0.3, 0.4) is 0 Å². The van der Waals surface area contributed by atoms with Crippen LogP contribution in [-0.2, 0) is 0 Å². The van der Waals surface area contributed by atoms with Crippen LogP contribution in [0.4, 0.5) is 0 Å². The maximum atomic E-state index is 8.45. The fraction of sp³-hybridized carbons (Fsp3) is 0.909. The first-order valence-corrected chi connectivity index (χ1v) is 5.97. The molecule has 88 valence electrons. The molecule has 0 saturated heterocycles. The van der Waals surface area contributed by atoms with E-state index in [1.165, 1.54) is 32.1 Å². The van der Waals surface area contributed by atoms with Gasteiger partial charge in [0.05, 0.1) is 6.54 Å². The minimum atomic E-state index is 0.268. The largest absolute Gasteiger partial charge is 0.409 e. The Labute approximate surface area is 91.9 Å². The van der Waals surface area contributed by atoms with Crippen LogP contribution in [0.15, 0.2) is 5.16 Å². The van der Waals surface area contributed by atoms with Crippen molar-refractivity contribution in [1.82, 2.24) is 5.32 Å². The van der Waals surface area contributed by atoms with Crippen molar-refractivity contribution in [2.45, 2.75) is 51.5 Å². The molecule has 0 aliphatic heterocycles. The van der Waals surface area contributed by atoms with Crippen molar-refractivity contribution >= 4 is 5.84 Å². The minimum Gasteiger partial charge on any atom is -0.409 e. The van der Waals surface area contributed by atoms with E-state index in [1.54, 1.807) is 0 Å².